The minimum Gasteiger partial charge on any atom is -0.314 e. The fraction of sp³-hybridized carbons (Fsp3) is 1.00. The average Bonchev–Trinajstić information content (AvgIpc) is 2.28. The van der Waals surface area contributed by atoms with E-state index in [2.05, 4.69) is 29.8 Å². The van der Waals surface area contributed by atoms with Gasteiger partial charge in [-0.3, -0.25) is 0 Å². The molecule has 1 fully saturated rings. The van der Waals surface area contributed by atoms with Gasteiger partial charge in [0, 0.05) is 38.3 Å². The van der Waals surface area contributed by atoms with E-state index in [0.29, 0.717) is 12.1 Å². The molecular weight excluding hydrogens is 162 g/mol. The maximum Gasteiger partial charge on any atom is 0.0190 e. The van der Waals surface area contributed by atoms with Crippen molar-refractivity contribution >= 4 is 0 Å². The van der Waals surface area contributed by atoms with E-state index in [1.807, 2.05) is 0 Å². The lowest BCUT2D eigenvalue weighted by Gasteiger charge is -2.16. The molecule has 78 valence electrons. The van der Waals surface area contributed by atoms with Gasteiger partial charge >= 0.3 is 0 Å². The van der Waals surface area contributed by atoms with Crippen molar-refractivity contribution in [3.8, 4) is 0 Å². The van der Waals surface area contributed by atoms with Gasteiger partial charge in [-0.25, -0.2) is 0 Å². The second-order valence-electron chi connectivity index (χ2n) is 3.78. The normalized spacial score (nSPS) is 31.8. The summed E-state index contributed by atoms with van der Waals surface area (Å²) in [4.78, 5) is 0. The summed E-state index contributed by atoms with van der Waals surface area (Å²) in [5.41, 5.74) is 0. The van der Waals surface area contributed by atoms with Crippen molar-refractivity contribution in [1.82, 2.24) is 16.0 Å². The Morgan fingerprint density at radius 1 is 0.923 bits per heavy atom. The van der Waals surface area contributed by atoms with Crippen LogP contribution in [0.5, 0.6) is 0 Å². The van der Waals surface area contributed by atoms with E-state index in [4.69, 9.17) is 0 Å². The van der Waals surface area contributed by atoms with E-state index in [9.17, 15) is 0 Å². The molecule has 2 unspecified atom stereocenters. The highest BCUT2D eigenvalue weighted by atomic mass is 15.1. The standard InChI is InChI=1S/C10H23N3/c1-3-9-7-11-8-10(4-2)13-6-5-12-9/h9-13H,3-8H2,1-2H3. The Bertz CT molecular complexity index is 113. The third kappa shape index (κ3) is 4.07. The van der Waals surface area contributed by atoms with Crippen LogP contribution in [-0.4, -0.2) is 38.3 Å². The average molecular weight is 185 g/mol. The molecule has 0 spiro atoms. The monoisotopic (exact) mass is 185 g/mol. The predicted molar refractivity (Wildman–Crippen MR) is 57.0 cm³/mol. The largest absolute Gasteiger partial charge is 0.314 e. The zero-order chi connectivity index (χ0) is 9.52. The van der Waals surface area contributed by atoms with Crippen LogP contribution in [0.4, 0.5) is 0 Å². The molecule has 1 saturated heterocycles. The number of hydrogen-bond donors (Lipinski definition) is 3. The van der Waals surface area contributed by atoms with E-state index in [1.54, 1.807) is 0 Å². The maximum absolute atomic E-state index is 3.53. The second-order valence-corrected chi connectivity index (χ2v) is 3.78. The highest BCUT2D eigenvalue weighted by molar-refractivity contribution is 4.76. The Balaban J connectivity index is 2.29. The molecule has 0 aromatic heterocycles. The van der Waals surface area contributed by atoms with Crippen LogP contribution in [-0.2, 0) is 0 Å². The van der Waals surface area contributed by atoms with Gasteiger partial charge in [0.2, 0.25) is 0 Å². The first-order chi connectivity index (χ1) is 6.36. The van der Waals surface area contributed by atoms with Crippen LogP contribution in [0.15, 0.2) is 0 Å². The van der Waals surface area contributed by atoms with Gasteiger partial charge in [-0.1, -0.05) is 13.8 Å². The summed E-state index contributed by atoms with van der Waals surface area (Å²) in [6, 6.07) is 1.30. The lowest BCUT2D eigenvalue weighted by atomic mass is 10.2. The molecule has 1 heterocycles. The van der Waals surface area contributed by atoms with Gasteiger partial charge in [0.1, 0.15) is 0 Å². The van der Waals surface area contributed by atoms with E-state index in [-0.39, 0.29) is 0 Å². The summed E-state index contributed by atoms with van der Waals surface area (Å²) in [6.07, 6.45) is 2.42. The van der Waals surface area contributed by atoms with Crippen molar-refractivity contribution in [2.75, 3.05) is 26.2 Å². The molecule has 0 saturated carbocycles. The molecular formula is C10H23N3. The topological polar surface area (TPSA) is 36.1 Å². The molecule has 3 N–H and O–H groups in total. The van der Waals surface area contributed by atoms with Crippen LogP contribution in [0.25, 0.3) is 0 Å². The SMILES string of the molecule is CCC1CNCC(CC)NCCN1. The molecule has 0 bridgehead atoms. The molecule has 3 heteroatoms. The molecule has 3 nitrogen and oxygen atoms in total. The van der Waals surface area contributed by atoms with Crippen molar-refractivity contribution in [2.24, 2.45) is 0 Å². The summed E-state index contributed by atoms with van der Waals surface area (Å²) in [6.45, 7) is 8.88. The molecule has 1 aliphatic heterocycles. The van der Waals surface area contributed by atoms with Gasteiger partial charge in [0.25, 0.3) is 0 Å². The predicted octanol–water partition coefficient (Wildman–Crippen LogP) is 0.326. The third-order valence-electron chi connectivity index (χ3n) is 2.76. The molecule has 13 heavy (non-hydrogen) atoms. The van der Waals surface area contributed by atoms with Gasteiger partial charge < -0.3 is 16.0 Å². The van der Waals surface area contributed by atoms with Crippen LogP contribution >= 0.6 is 0 Å². The fourth-order valence-corrected chi connectivity index (χ4v) is 1.71. The van der Waals surface area contributed by atoms with Crippen molar-refractivity contribution in [3.05, 3.63) is 0 Å². The smallest absolute Gasteiger partial charge is 0.0190 e. The molecule has 1 aliphatic rings. The lowest BCUT2D eigenvalue weighted by molar-refractivity contribution is 0.470. The van der Waals surface area contributed by atoms with Crippen molar-refractivity contribution in [1.29, 1.82) is 0 Å². The van der Waals surface area contributed by atoms with Gasteiger partial charge in [-0.2, -0.15) is 0 Å². The Kier molecular flexibility index (Phi) is 5.35. The van der Waals surface area contributed by atoms with E-state index in [0.717, 1.165) is 26.2 Å². The number of nitrogens with one attached hydrogen (secondary N) is 3. The van der Waals surface area contributed by atoms with E-state index >= 15 is 0 Å². The first kappa shape index (κ1) is 11.0. The summed E-state index contributed by atoms with van der Waals surface area (Å²) < 4.78 is 0. The first-order valence-electron chi connectivity index (χ1n) is 5.54. The lowest BCUT2D eigenvalue weighted by Crippen LogP contribution is -2.39. The van der Waals surface area contributed by atoms with Crippen LogP contribution in [0, 0.1) is 0 Å². The zero-order valence-corrected chi connectivity index (χ0v) is 8.90. The molecule has 0 aromatic rings. The molecule has 0 aliphatic carbocycles. The molecule has 0 aromatic carbocycles. The maximum atomic E-state index is 3.53. The van der Waals surface area contributed by atoms with Gasteiger partial charge in [0.05, 0.1) is 0 Å². The fourth-order valence-electron chi connectivity index (χ4n) is 1.71. The van der Waals surface area contributed by atoms with Crippen LogP contribution in [0.1, 0.15) is 26.7 Å². The Hall–Kier alpha value is -0.120. The highest BCUT2D eigenvalue weighted by Gasteiger charge is 2.10. The Morgan fingerprint density at radius 2 is 1.38 bits per heavy atom. The Labute approximate surface area is 81.7 Å². The molecule has 0 radical (unpaired) electrons. The molecule has 0 amide bonds. The summed E-state index contributed by atoms with van der Waals surface area (Å²) >= 11 is 0. The van der Waals surface area contributed by atoms with Crippen LogP contribution in [0.2, 0.25) is 0 Å². The summed E-state index contributed by atoms with van der Waals surface area (Å²) in [5.74, 6) is 0. The van der Waals surface area contributed by atoms with Crippen molar-refractivity contribution in [2.45, 2.75) is 38.8 Å². The van der Waals surface area contributed by atoms with Gasteiger partial charge in [-0.05, 0) is 12.8 Å². The number of hydrogen-bond acceptors (Lipinski definition) is 3. The zero-order valence-electron chi connectivity index (χ0n) is 8.90. The Morgan fingerprint density at radius 3 is 1.77 bits per heavy atom. The van der Waals surface area contributed by atoms with Crippen molar-refractivity contribution in [3.63, 3.8) is 0 Å². The summed E-state index contributed by atoms with van der Waals surface area (Å²) in [7, 11) is 0. The minimum absolute atomic E-state index is 0.650. The van der Waals surface area contributed by atoms with Gasteiger partial charge in [-0.15, -0.1) is 0 Å². The van der Waals surface area contributed by atoms with E-state index in [1.165, 1.54) is 12.8 Å². The second kappa shape index (κ2) is 6.35. The van der Waals surface area contributed by atoms with E-state index < -0.39 is 0 Å². The summed E-state index contributed by atoms with van der Waals surface area (Å²) in [5, 5.41) is 10.6. The minimum atomic E-state index is 0.650. The van der Waals surface area contributed by atoms with Crippen LogP contribution in [0.3, 0.4) is 0 Å². The number of rotatable bonds is 2. The van der Waals surface area contributed by atoms with Crippen LogP contribution < -0.4 is 16.0 Å². The third-order valence-corrected chi connectivity index (χ3v) is 2.76. The quantitative estimate of drug-likeness (QED) is 0.580. The molecule has 1 rings (SSSR count). The van der Waals surface area contributed by atoms with Crippen molar-refractivity contribution < 1.29 is 0 Å². The highest BCUT2D eigenvalue weighted by Crippen LogP contribution is 1.93. The van der Waals surface area contributed by atoms with Gasteiger partial charge in [0.15, 0.2) is 0 Å². The molecule has 2 atom stereocenters. The first-order valence-corrected chi connectivity index (χ1v) is 5.54.